The van der Waals surface area contributed by atoms with Gasteiger partial charge in [0.2, 0.25) is 5.79 Å². The summed E-state index contributed by atoms with van der Waals surface area (Å²) in [5.41, 5.74) is 1.34. The molecule has 4 fully saturated rings. The second kappa shape index (κ2) is 29.0. The Hall–Kier alpha value is -3.19. The topological polar surface area (TPSA) is 214 Å². The maximum atomic E-state index is 14.5. The van der Waals surface area contributed by atoms with E-state index in [1.807, 2.05) is 59.8 Å². The molecule has 1 aliphatic carbocycles. The number of amides is 1. The van der Waals surface area contributed by atoms with Gasteiger partial charge in [0.15, 0.2) is 5.78 Å². The molecule has 0 bridgehead atoms. The molecule has 404 valence electrons. The minimum atomic E-state index is -2.44. The van der Waals surface area contributed by atoms with Gasteiger partial charge in [-0.25, -0.2) is 4.79 Å². The monoisotopic (exact) mass is 1000 g/mol. The summed E-state index contributed by atoms with van der Waals surface area (Å²) < 4.78 is 40.7. The zero-order valence-electron chi connectivity index (χ0n) is 44.7. The highest BCUT2D eigenvalue weighted by atomic mass is 16.6. The fourth-order valence-electron chi connectivity index (χ4n) is 10.6. The third kappa shape index (κ3) is 16.9. The van der Waals surface area contributed by atoms with Gasteiger partial charge >= 0.3 is 5.97 Å². The van der Waals surface area contributed by atoms with Crippen LogP contribution in [0, 0.1) is 35.5 Å². The molecule has 0 spiro atoms. The van der Waals surface area contributed by atoms with Gasteiger partial charge in [0.1, 0.15) is 36.2 Å². The molecule has 0 aromatic heterocycles. The number of allylic oxidation sites excluding steroid dienone is 4. The molecule has 3 N–H and O–H groups in total. The van der Waals surface area contributed by atoms with Crippen molar-refractivity contribution in [1.29, 1.82) is 0 Å². The number of ether oxygens (including phenoxy) is 7. The van der Waals surface area contributed by atoms with Crippen LogP contribution in [0.25, 0.3) is 0 Å². The van der Waals surface area contributed by atoms with Gasteiger partial charge in [-0.15, -0.1) is 0 Å². The summed E-state index contributed by atoms with van der Waals surface area (Å²) in [6.07, 6.45) is 7.64. The molecule has 4 aliphatic rings. The van der Waals surface area contributed by atoms with E-state index >= 15 is 0 Å². The molecule has 4 rings (SSSR count). The quantitative estimate of drug-likeness (QED) is 0.0333. The highest BCUT2D eigenvalue weighted by molar-refractivity contribution is 6.39. The molecule has 71 heavy (non-hydrogen) atoms. The lowest BCUT2D eigenvalue weighted by Gasteiger charge is -2.43. The molecule has 3 aliphatic heterocycles. The number of aliphatic hydroxyl groups excluding tert-OH is 2. The van der Waals surface area contributed by atoms with Crippen molar-refractivity contribution in [2.45, 2.75) is 200 Å². The Morgan fingerprint density at radius 3 is 2.27 bits per heavy atom. The van der Waals surface area contributed by atoms with Gasteiger partial charge in [-0.2, -0.15) is 0 Å². The zero-order valence-corrected chi connectivity index (χ0v) is 44.7. The van der Waals surface area contributed by atoms with E-state index in [0.29, 0.717) is 96.2 Å². The number of Topliss-reactive ketones (excluding diaryl/α,β-unsaturated/α-hetero) is 3. The van der Waals surface area contributed by atoms with E-state index < -0.39 is 71.8 Å². The Bertz CT molecular complexity index is 1830. The zero-order chi connectivity index (χ0) is 52.6. The van der Waals surface area contributed by atoms with Gasteiger partial charge in [0.25, 0.3) is 11.7 Å². The molecule has 3 saturated heterocycles. The van der Waals surface area contributed by atoms with Crippen molar-refractivity contribution < 1.29 is 72.5 Å². The number of carbonyl (C=O) groups excluding carboxylic acids is 5. The maximum absolute atomic E-state index is 14.5. The lowest BCUT2D eigenvalue weighted by atomic mass is 9.78. The van der Waals surface area contributed by atoms with Crippen LogP contribution in [-0.4, -0.2) is 157 Å². The lowest BCUT2D eigenvalue weighted by molar-refractivity contribution is -0.266. The van der Waals surface area contributed by atoms with Crippen molar-refractivity contribution in [3.63, 3.8) is 0 Å². The second-order valence-corrected chi connectivity index (χ2v) is 21.1. The second-order valence-electron chi connectivity index (χ2n) is 21.1. The van der Waals surface area contributed by atoms with Crippen molar-refractivity contribution in [3.8, 4) is 0 Å². The Morgan fingerprint density at radius 2 is 1.63 bits per heavy atom. The average Bonchev–Trinajstić information content (AvgIpc) is 3.33. The smallest absolute Gasteiger partial charge is 0.329 e. The largest absolute Gasteiger partial charge is 0.460 e. The molecular weight excluding hydrogens is 915 g/mol. The number of methoxy groups -OCH3 is 2. The van der Waals surface area contributed by atoms with Crippen molar-refractivity contribution in [2.24, 2.45) is 35.5 Å². The van der Waals surface area contributed by atoms with E-state index in [-0.39, 0.29) is 72.9 Å². The first kappa shape index (κ1) is 60.4. The van der Waals surface area contributed by atoms with Gasteiger partial charge < -0.3 is 53.4 Å². The number of rotatable bonds is 28. The highest BCUT2D eigenvalue weighted by Gasteiger charge is 2.53. The molecule has 3 heterocycles. The molecule has 16 heteroatoms. The number of nitrogens with zero attached hydrogens (tertiary/aromatic N) is 1. The van der Waals surface area contributed by atoms with Crippen LogP contribution in [0.2, 0.25) is 0 Å². The molecule has 16 nitrogen and oxygen atoms in total. The van der Waals surface area contributed by atoms with E-state index in [4.69, 9.17) is 33.2 Å². The number of piperidine rings is 1. The highest BCUT2D eigenvalue weighted by Crippen LogP contribution is 2.38. The first-order chi connectivity index (χ1) is 33.7. The van der Waals surface area contributed by atoms with E-state index in [1.54, 1.807) is 34.0 Å². The van der Waals surface area contributed by atoms with Crippen LogP contribution < -0.4 is 0 Å². The normalized spacial score (nSPS) is 29.3. The van der Waals surface area contributed by atoms with Crippen LogP contribution in [0.15, 0.2) is 35.5 Å². The molecule has 0 unspecified atom stereocenters. The van der Waals surface area contributed by atoms with E-state index in [0.717, 1.165) is 5.57 Å². The van der Waals surface area contributed by atoms with Crippen LogP contribution in [0.5, 0.6) is 0 Å². The first-order valence-electron chi connectivity index (χ1n) is 26.4. The summed E-state index contributed by atoms with van der Waals surface area (Å²) >= 11 is 0. The Balaban J connectivity index is 1.50. The van der Waals surface area contributed by atoms with Gasteiger partial charge in [-0.1, -0.05) is 58.9 Å². The molecule has 0 aromatic carbocycles. The molecule has 1 saturated carbocycles. The predicted molar refractivity (Wildman–Crippen MR) is 267 cm³/mol. The van der Waals surface area contributed by atoms with Crippen molar-refractivity contribution in [2.75, 3.05) is 47.2 Å². The molecular formula is C55H89NO15. The fraction of sp³-hybridized carbons (Fsp3) is 0.800. The number of likely N-dealkylation sites (tertiary alicyclic amines) is 1. The third-order valence-corrected chi connectivity index (χ3v) is 15.5. The third-order valence-electron chi connectivity index (χ3n) is 15.5. The number of carbonyl (C=O) groups is 5. The minimum Gasteiger partial charge on any atom is -0.460 e. The van der Waals surface area contributed by atoms with Crippen molar-refractivity contribution in [1.82, 2.24) is 4.90 Å². The van der Waals surface area contributed by atoms with Crippen LogP contribution in [0.3, 0.4) is 0 Å². The average molecular weight is 1000 g/mol. The summed E-state index contributed by atoms with van der Waals surface area (Å²) in [4.78, 5) is 71.9. The van der Waals surface area contributed by atoms with Gasteiger partial charge in [-0.3, -0.25) is 19.2 Å². The SMILES string of the molecule is C/C=C/[C@@H](C)C[C@@H](C)C(=O)[C@H](OC)[C@H](O)/C(C)=C/[C@@H](C)C(=O)C[C@H](OC(=O)[C@@H]1CCCCN1C(=O)C(=O)[C@]1(O)O[C@H](C[C@H](OCCOC2COC2)/C(C)=C/C)CC[C@H]1C)[C@H](C)C[C@@H]1CC[C@@H](O)[C@H](OC)C1. The van der Waals surface area contributed by atoms with E-state index in [1.165, 1.54) is 12.0 Å². The predicted octanol–water partition coefficient (Wildman–Crippen LogP) is 6.44. The number of hydrogen-bond acceptors (Lipinski definition) is 15. The summed E-state index contributed by atoms with van der Waals surface area (Å²) in [6, 6.07) is -1.16. The fourth-order valence-corrected chi connectivity index (χ4v) is 10.6. The van der Waals surface area contributed by atoms with Crippen LogP contribution in [0.1, 0.15) is 139 Å². The van der Waals surface area contributed by atoms with E-state index in [2.05, 4.69) is 0 Å². The Morgan fingerprint density at radius 1 is 0.915 bits per heavy atom. The molecule has 0 aromatic rings. The standard InChI is InChI=1S/C55H89NO15/c1-12-16-33(3)25-37(7)49(59)51(66-11)50(60)38(8)26-35(5)45(58)30-47(36(6)27-40-19-21-44(57)48(28-40)65-10)70-54(63)43-17-14-15-22-56(43)53(62)52(61)55(64)39(9)18-20-41(71-55)29-46(34(4)13-2)69-24-23-68-42-31-67-32-42/h12-13,16,26,33,35-37,39-44,46-48,50-51,57,60,64H,14-15,17-25,27-32H2,1-11H3/b16-12+,34-13+,38-26+/t33-,35-,36-,37-,39-,40+,41+,43+,44-,46+,47+,48-,50-,51+,55-/m1/s1. The summed E-state index contributed by atoms with van der Waals surface area (Å²) in [5, 5.41) is 33.9. The summed E-state index contributed by atoms with van der Waals surface area (Å²) in [7, 11) is 2.94. The van der Waals surface area contributed by atoms with Gasteiger partial charge in [0, 0.05) is 51.4 Å². The number of ketones is 3. The number of aliphatic hydroxyl groups is 3. The minimum absolute atomic E-state index is 0.0600. The molecule has 0 radical (unpaired) electrons. The van der Waals surface area contributed by atoms with Gasteiger partial charge in [0.05, 0.1) is 50.8 Å². The van der Waals surface area contributed by atoms with Crippen LogP contribution in [-0.2, 0) is 57.1 Å². The Kier molecular flexibility index (Phi) is 24.7. The maximum Gasteiger partial charge on any atom is 0.329 e. The molecule has 15 atom stereocenters. The van der Waals surface area contributed by atoms with Crippen LogP contribution >= 0.6 is 0 Å². The summed E-state index contributed by atoms with van der Waals surface area (Å²) in [5.74, 6) is -7.83. The summed E-state index contributed by atoms with van der Waals surface area (Å²) in [6.45, 7) is 18.4. The number of esters is 1. The van der Waals surface area contributed by atoms with Crippen molar-refractivity contribution >= 4 is 29.2 Å². The number of hydrogen-bond donors (Lipinski definition) is 3. The Labute approximate surface area is 423 Å². The first-order valence-corrected chi connectivity index (χ1v) is 26.4. The lowest BCUT2D eigenvalue weighted by Crippen LogP contribution is -2.61. The molecule has 1 amide bonds. The van der Waals surface area contributed by atoms with Crippen LogP contribution in [0.4, 0.5) is 0 Å². The van der Waals surface area contributed by atoms with Gasteiger partial charge in [-0.05, 0) is 121 Å². The van der Waals surface area contributed by atoms with Crippen molar-refractivity contribution in [3.05, 3.63) is 35.5 Å². The van der Waals surface area contributed by atoms with E-state index in [9.17, 15) is 39.3 Å².